The molecule has 6 nitrogen and oxygen atoms in total. The molecule has 1 aliphatic rings. The zero-order valence-corrected chi connectivity index (χ0v) is 20.1. The van der Waals surface area contributed by atoms with E-state index in [1.54, 1.807) is 12.1 Å². The number of rotatable bonds is 8. The summed E-state index contributed by atoms with van der Waals surface area (Å²) in [5.74, 6) is 0.392. The van der Waals surface area contributed by atoms with Crippen molar-refractivity contribution in [2.75, 3.05) is 25.2 Å². The highest BCUT2D eigenvalue weighted by Gasteiger charge is 2.28. The lowest BCUT2D eigenvalue weighted by atomic mass is 9.95. The Kier molecular flexibility index (Phi) is 8.30. The van der Waals surface area contributed by atoms with Crippen LogP contribution < -0.4 is 5.32 Å². The van der Waals surface area contributed by atoms with Crippen molar-refractivity contribution in [2.24, 2.45) is 0 Å². The molecule has 9 heteroatoms. The van der Waals surface area contributed by atoms with Crippen LogP contribution >= 0.6 is 27.7 Å². The van der Waals surface area contributed by atoms with Crippen molar-refractivity contribution in [3.05, 3.63) is 34.3 Å². The second-order valence-electron chi connectivity index (χ2n) is 7.85. The van der Waals surface area contributed by atoms with Crippen molar-refractivity contribution in [1.29, 1.82) is 0 Å². The largest absolute Gasteiger partial charge is 0.323 e. The Morgan fingerprint density at radius 2 is 2.07 bits per heavy atom. The van der Waals surface area contributed by atoms with Gasteiger partial charge >= 0.3 is 0 Å². The molecule has 0 radical (unpaired) electrons. The van der Waals surface area contributed by atoms with E-state index in [4.69, 9.17) is 0 Å². The summed E-state index contributed by atoms with van der Waals surface area (Å²) < 4.78 is 16.9. The maximum Gasteiger partial charge on any atom is 0.234 e. The smallest absolute Gasteiger partial charge is 0.234 e. The predicted molar refractivity (Wildman–Crippen MR) is 122 cm³/mol. The Labute approximate surface area is 190 Å². The molecule has 1 aliphatic carbocycles. The van der Waals surface area contributed by atoms with Crippen LogP contribution in [0.1, 0.15) is 63.4 Å². The second-order valence-corrected chi connectivity index (χ2v) is 9.71. The molecule has 164 valence electrons. The summed E-state index contributed by atoms with van der Waals surface area (Å²) in [5.41, 5.74) is 0.178. The minimum absolute atomic E-state index is 0.152. The molecule has 0 unspecified atom stereocenters. The molecule has 0 bridgehead atoms. The number of hydrogen-bond acceptors (Lipinski definition) is 5. The van der Waals surface area contributed by atoms with Crippen LogP contribution in [0.2, 0.25) is 0 Å². The third-order valence-corrected chi connectivity index (χ3v) is 6.91. The van der Waals surface area contributed by atoms with Gasteiger partial charge in [0, 0.05) is 10.5 Å². The highest BCUT2D eigenvalue weighted by molar-refractivity contribution is 9.10. The topological polar surface area (TPSA) is 63.1 Å². The van der Waals surface area contributed by atoms with Gasteiger partial charge in [-0.05, 0) is 51.6 Å². The molecule has 0 spiro atoms. The van der Waals surface area contributed by atoms with Crippen molar-refractivity contribution in [1.82, 2.24) is 19.7 Å². The van der Waals surface area contributed by atoms with E-state index in [0.717, 1.165) is 30.2 Å². The van der Waals surface area contributed by atoms with Gasteiger partial charge in [0.15, 0.2) is 11.0 Å². The van der Waals surface area contributed by atoms with Gasteiger partial charge in [0.25, 0.3) is 0 Å². The fraction of sp³-hybridized carbons (Fsp3) is 0.571. The summed E-state index contributed by atoms with van der Waals surface area (Å²) >= 11 is 4.59. The quantitative estimate of drug-likeness (QED) is 0.492. The summed E-state index contributed by atoms with van der Waals surface area (Å²) in [6.07, 6.45) is 6.83. The number of halogens is 2. The molecule has 1 heterocycles. The number of benzene rings is 1. The molecular weight excluding hydrogens is 469 g/mol. The van der Waals surface area contributed by atoms with Gasteiger partial charge in [0.2, 0.25) is 5.91 Å². The molecule has 1 N–H and O–H groups in total. The molecule has 1 amide bonds. The third-order valence-electron chi connectivity index (χ3n) is 5.48. The number of carbonyl (C=O) groups is 1. The van der Waals surface area contributed by atoms with Crippen molar-refractivity contribution in [3.63, 3.8) is 0 Å². The van der Waals surface area contributed by atoms with Gasteiger partial charge in [0.1, 0.15) is 5.82 Å². The highest BCUT2D eigenvalue weighted by Crippen LogP contribution is 2.35. The maximum absolute atomic E-state index is 14.0. The summed E-state index contributed by atoms with van der Waals surface area (Å²) in [6, 6.07) is 5.13. The van der Waals surface area contributed by atoms with E-state index in [1.807, 2.05) is 0 Å². The van der Waals surface area contributed by atoms with Gasteiger partial charge < -0.3 is 9.88 Å². The van der Waals surface area contributed by atoms with E-state index >= 15 is 0 Å². The van der Waals surface area contributed by atoms with Crippen LogP contribution in [0.5, 0.6) is 0 Å². The van der Waals surface area contributed by atoms with Crippen LogP contribution in [0.4, 0.5) is 10.1 Å². The summed E-state index contributed by atoms with van der Waals surface area (Å²) in [6.45, 7) is 2.15. The Bertz CT molecular complexity index is 869. The van der Waals surface area contributed by atoms with Crippen LogP contribution in [-0.2, 0) is 4.79 Å². The number of hydrogen-bond donors (Lipinski definition) is 1. The molecule has 3 rings (SSSR count). The molecular formula is C21H29BrFN5OS. The standard InChI is InChI=1S/C21H29BrFN5OS/c1-4-18(27(2)3)20-25-26-21(28(20)15-8-6-5-7-9-15)30-13-19(29)24-17-11-10-14(22)12-16(17)23/h10-12,15,18H,4-9,13H2,1-3H3,(H,24,29)/t18-/m1/s1. The van der Waals surface area contributed by atoms with E-state index in [-0.39, 0.29) is 23.4 Å². The Hall–Kier alpha value is -1.45. The normalized spacial score (nSPS) is 16.1. The van der Waals surface area contributed by atoms with Crippen molar-refractivity contribution in [3.8, 4) is 0 Å². The van der Waals surface area contributed by atoms with Gasteiger partial charge in [-0.25, -0.2) is 4.39 Å². The van der Waals surface area contributed by atoms with Crippen molar-refractivity contribution < 1.29 is 9.18 Å². The van der Waals surface area contributed by atoms with E-state index < -0.39 is 5.82 Å². The first-order chi connectivity index (χ1) is 14.4. The fourth-order valence-electron chi connectivity index (χ4n) is 3.98. The molecule has 1 saturated carbocycles. The average molecular weight is 498 g/mol. The molecule has 2 aromatic rings. The Morgan fingerprint density at radius 3 is 2.70 bits per heavy atom. The number of nitrogens with one attached hydrogen (secondary N) is 1. The molecule has 1 atom stereocenters. The predicted octanol–water partition coefficient (Wildman–Crippen LogP) is 5.43. The number of carbonyl (C=O) groups excluding carboxylic acids is 1. The monoisotopic (exact) mass is 497 g/mol. The van der Waals surface area contributed by atoms with Crippen molar-refractivity contribution >= 4 is 39.3 Å². The lowest BCUT2D eigenvalue weighted by Crippen LogP contribution is -2.26. The van der Waals surface area contributed by atoms with Gasteiger partial charge in [-0.15, -0.1) is 10.2 Å². The fourth-order valence-corrected chi connectivity index (χ4v) is 5.13. The first-order valence-corrected chi connectivity index (χ1v) is 12.2. The summed E-state index contributed by atoms with van der Waals surface area (Å²) in [4.78, 5) is 14.6. The molecule has 30 heavy (non-hydrogen) atoms. The van der Waals surface area contributed by atoms with Crippen LogP contribution in [0.25, 0.3) is 0 Å². The summed E-state index contributed by atoms with van der Waals surface area (Å²) in [7, 11) is 4.11. The van der Waals surface area contributed by atoms with E-state index in [2.05, 4.69) is 61.9 Å². The number of thioether (sulfide) groups is 1. The molecule has 0 aliphatic heterocycles. The molecule has 1 aromatic carbocycles. The lowest BCUT2D eigenvalue weighted by Gasteiger charge is -2.29. The second kappa shape index (κ2) is 10.7. The van der Waals surface area contributed by atoms with Gasteiger partial charge in [-0.1, -0.05) is 53.9 Å². The average Bonchev–Trinajstić information content (AvgIpc) is 3.13. The van der Waals surface area contributed by atoms with E-state index in [1.165, 1.54) is 37.1 Å². The lowest BCUT2D eigenvalue weighted by molar-refractivity contribution is -0.113. The maximum atomic E-state index is 14.0. The Balaban J connectivity index is 1.76. The Morgan fingerprint density at radius 1 is 1.33 bits per heavy atom. The minimum atomic E-state index is -0.466. The van der Waals surface area contributed by atoms with E-state index in [0.29, 0.717) is 10.5 Å². The SMILES string of the molecule is CC[C@H](c1nnc(SCC(=O)Nc2ccc(Br)cc2F)n1C1CCCCC1)N(C)C. The zero-order valence-electron chi connectivity index (χ0n) is 17.7. The number of anilines is 1. The first kappa shape index (κ1) is 23.2. The highest BCUT2D eigenvalue weighted by atomic mass is 79.9. The first-order valence-electron chi connectivity index (χ1n) is 10.4. The van der Waals surface area contributed by atoms with Gasteiger partial charge in [0.05, 0.1) is 17.5 Å². The third kappa shape index (κ3) is 5.62. The zero-order chi connectivity index (χ0) is 21.7. The van der Waals surface area contributed by atoms with Crippen LogP contribution in [0.15, 0.2) is 27.8 Å². The van der Waals surface area contributed by atoms with Crippen LogP contribution in [-0.4, -0.2) is 45.4 Å². The van der Waals surface area contributed by atoms with Crippen LogP contribution in [0.3, 0.4) is 0 Å². The number of amides is 1. The molecule has 1 aromatic heterocycles. The van der Waals surface area contributed by atoms with Crippen molar-refractivity contribution in [2.45, 2.75) is 62.7 Å². The van der Waals surface area contributed by atoms with Crippen LogP contribution in [0, 0.1) is 5.82 Å². The summed E-state index contributed by atoms with van der Waals surface area (Å²) in [5, 5.41) is 12.4. The molecule has 0 saturated heterocycles. The van der Waals surface area contributed by atoms with E-state index in [9.17, 15) is 9.18 Å². The minimum Gasteiger partial charge on any atom is -0.323 e. The number of nitrogens with zero attached hydrogens (tertiary/aromatic N) is 4. The molecule has 1 fully saturated rings. The van der Waals surface area contributed by atoms with Gasteiger partial charge in [-0.3, -0.25) is 9.69 Å². The van der Waals surface area contributed by atoms with Gasteiger partial charge in [-0.2, -0.15) is 0 Å². The number of aromatic nitrogens is 3.